The van der Waals surface area contributed by atoms with Crippen LogP contribution in [0.5, 0.6) is 0 Å². The number of benzene rings is 1. The van der Waals surface area contributed by atoms with Crippen LogP contribution in [0.4, 0.5) is 0 Å². The van der Waals surface area contributed by atoms with Crippen LogP contribution in [-0.2, 0) is 4.74 Å². The van der Waals surface area contributed by atoms with Crippen LogP contribution in [0.15, 0.2) is 36.7 Å². The molecule has 0 aliphatic carbocycles. The third kappa shape index (κ3) is 3.31. The number of aromatic nitrogens is 1. The Morgan fingerprint density at radius 3 is 2.89 bits per heavy atom. The average Bonchev–Trinajstić information content (AvgIpc) is 2.46. The Bertz CT molecular complexity index is 522. The molecule has 0 bridgehead atoms. The smallest absolute Gasteiger partial charge is 0.0561 e. The monoisotopic (exact) mass is 258 g/mol. The Labute approximate surface area is 115 Å². The topological polar surface area (TPSA) is 34.1 Å². The third-order valence-electron chi connectivity index (χ3n) is 3.51. The molecule has 2 unspecified atom stereocenters. The molecule has 0 aliphatic heterocycles. The van der Waals surface area contributed by atoms with Gasteiger partial charge in [-0.3, -0.25) is 4.98 Å². The number of pyridine rings is 1. The molecule has 0 aliphatic rings. The van der Waals surface area contributed by atoms with E-state index in [2.05, 4.69) is 48.4 Å². The van der Waals surface area contributed by atoms with Crippen LogP contribution in [0.25, 0.3) is 10.8 Å². The summed E-state index contributed by atoms with van der Waals surface area (Å²) in [6, 6.07) is 8.78. The molecule has 3 heteroatoms. The molecule has 0 saturated carbocycles. The maximum absolute atomic E-state index is 5.40. The number of nitrogens with one attached hydrogen (secondary N) is 1. The Morgan fingerprint density at radius 2 is 2.16 bits per heavy atom. The molecule has 3 nitrogen and oxygen atoms in total. The molecule has 2 aromatic rings. The summed E-state index contributed by atoms with van der Waals surface area (Å²) >= 11 is 0. The van der Waals surface area contributed by atoms with Crippen molar-refractivity contribution >= 4 is 10.8 Å². The number of fused-ring (bicyclic) bond motifs is 1. The summed E-state index contributed by atoms with van der Waals surface area (Å²) in [6.07, 6.45) is 4.98. The zero-order chi connectivity index (χ0) is 13.7. The van der Waals surface area contributed by atoms with Crippen LogP contribution in [-0.4, -0.2) is 24.7 Å². The van der Waals surface area contributed by atoms with Crippen molar-refractivity contribution < 1.29 is 4.74 Å². The van der Waals surface area contributed by atoms with E-state index in [1.165, 1.54) is 16.3 Å². The van der Waals surface area contributed by atoms with Crippen LogP contribution in [0.3, 0.4) is 0 Å². The normalized spacial score (nSPS) is 14.5. The lowest BCUT2D eigenvalue weighted by Crippen LogP contribution is -2.25. The number of ether oxygens (including phenoxy) is 1. The van der Waals surface area contributed by atoms with E-state index >= 15 is 0 Å². The largest absolute Gasteiger partial charge is 0.382 e. The highest BCUT2D eigenvalue weighted by molar-refractivity contribution is 5.85. The summed E-state index contributed by atoms with van der Waals surface area (Å²) in [7, 11) is 1.76. The Kier molecular flexibility index (Phi) is 4.88. The van der Waals surface area contributed by atoms with Gasteiger partial charge in [-0.05, 0) is 36.9 Å². The van der Waals surface area contributed by atoms with Gasteiger partial charge in [0.15, 0.2) is 0 Å². The summed E-state index contributed by atoms with van der Waals surface area (Å²) in [6.45, 7) is 5.18. The second kappa shape index (κ2) is 6.64. The van der Waals surface area contributed by atoms with Crippen LogP contribution < -0.4 is 5.32 Å². The highest BCUT2D eigenvalue weighted by Gasteiger charge is 2.16. The van der Waals surface area contributed by atoms with E-state index in [-0.39, 0.29) is 6.10 Å². The van der Waals surface area contributed by atoms with Gasteiger partial charge >= 0.3 is 0 Å². The molecule has 102 valence electrons. The minimum atomic E-state index is 0.232. The second-order valence-electron chi connectivity index (χ2n) is 4.84. The first-order valence-corrected chi connectivity index (χ1v) is 6.85. The lowest BCUT2D eigenvalue weighted by Gasteiger charge is -2.23. The van der Waals surface area contributed by atoms with Gasteiger partial charge in [0, 0.05) is 30.9 Å². The van der Waals surface area contributed by atoms with Gasteiger partial charge in [-0.15, -0.1) is 0 Å². The summed E-state index contributed by atoms with van der Waals surface area (Å²) in [4.78, 5) is 4.26. The number of nitrogens with zero attached hydrogens (tertiary/aromatic N) is 1. The van der Waals surface area contributed by atoms with E-state index in [4.69, 9.17) is 4.74 Å². The first-order valence-electron chi connectivity index (χ1n) is 6.85. The van der Waals surface area contributed by atoms with Gasteiger partial charge in [0.1, 0.15) is 0 Å². The van der Waals surface area contributed by atoms with Crippen molar-refractivity contribution in [1.82, 2.24) is 10.3 Å². The van der Waals surface area contributed by atoms with Gasteiger partial charge in [-0.25, -0.2) is 0 Å². The quantitative estimate of drug-likeness (QED) is 0.863. The number of hydrogen-bond acceptors (Lipinski definition) is 3. The first kappa shape index (κ1) is 14.0. The Morgan fingerprint density at radius 1 is 1.32 bits per heavy atom. The van der Waals surface area contributed by atoms with Crippen molar-refractivity contribution in [1.29, 1.82) is 0 Å². The zero-order valence-electron chi connectivity index (χ0n) is 11.9. The maximum Gasteiger partial charge on any atom is 0.0561 e. The van der Waals surface area contributed by atoms with E-state index in [9.17, 15) is 0 Å². The van der Waals surface area contributed by atoms with E-state index in [0.29, 0.717) is 6.04 Å². The summed E-state index contributed by atoms with van der Waals surface area (Å²) < 4.78 is 5.40. The van der Waals surface area contributed by atoms with Gasteiger partial charge in [-0.1, -0.05) is 25.1 Å². The molecule has 19 heavy (non-hydrogen) atoms. The standard InChI is InChI=1S/C16H22N2O/c1-4-18-16(10-12(2)19-3)14-7-5-6-13-8-9-17-11-15(13)14/h5-9,11-12,16,18H,4,10H2,1-3H3. The molecule has 0 fully saturated rings. The van der Waals surface area contributed by atoms with Gasteiger partial charge in [0.25, 0.3) is 0 Å². The lowest BCUT2D eigenvalue weighted by molar-refractivity contribution is 0.101. The molecule has 2 atom stereocenters. The minimum absolute atomic E-state index is 0.232. The molecule has 2 rings (SSSR count). The number of hydrogen-bond donors (Lipinski definition) is 1. The predicted molar refractivity (Wildman–Crippen MR) is 79.2 cm³/mol. The van der Waals surface area contributed by atoms with Crippen molar-refractivity contribution in [2.24, 2.45) is 0 Å². The second-order valence-corrected chi connectivity index (χ2v) is 4.84. The molecule has 1 heterocycles. The molecule has 0 spiro atoms. The highest BCUT2D eigenvalue weighted by Crippen LogP contribution is 2.27. The fourth-order valence-corrected chi connectivity index (χ4v) is 2.44. The molecular weight excluding hydrogens is 236 g/mol. The first-order chi connectivity index (χ1) is 9.26. The number of methoxy groups -OCH3 is 1. The summed E-state index contributed by atoms with van der Waals surface area (Å²) in [5.41, 5.74) is 1.30. The van der Waals surface area contributed by atoms with Crippen molar-refractivity contribution in [3.63, 3.8) is 0 Å². The van der Waals surface area contributed by atoms with Crippen LogP contribution in [0.2, 0.25) is 0 Å². The predicted octanol–water partition coefficient (Wildman–Crippen LogP) is 3.31. The van der Waals surface area contributed by atoms with Crippen LogP contribution in [0, 0.1) is 0 Å². The van der Waals surface area contributed by atoms with Crippen LogP contribution >= 0.6 is 0 Å². The van der Waals surface area contributed by atoms with Crippen LogP contribution in [0.1, 0.15) is 31.9 Å². The minimum Gasteiger partial charge on any atom is -0.382 e. The SMILES string of the molecule is CCNC(CC(C)OC)c1cccc2ccncc12. The van der Waals surface area contributed by atoms with Gasteiger partial charge in [-0.2, -0.15) is 0 Å². The molecule has 0 amide bonds. The Balaban J connectivity index is 2.38. The van der Waals surface area contributed by atoms with E-state index in [0.717, 1.165) is 13.0 Å². The molecule has 1 aromatic heterocycles. The highest BCUT2D eigenvalue weighted by atomic mass is 16.5. The Hall–Kier alpha value is -1.45. The zero-order valence-corrected chi connectivity index (χ0v) is 11.9. The molecule has 0 saturated heterocycles. The fourth-order valence-electron chi connectivity index (χ4n) is 2.44. The molecule has 1 N–H and O–H groups in total. The van der Waals surface area contributed by atoms with E-state index in [1.54, 1.807) is 7.11 Å². The molecule has 0 radical (unpaired) electrons. The van der Waals surface area contributed by atoms with Crippen molar-refractivity contribution in [2.45, 2.75) is 32.4 Å². The van der Waals surface area contributed by atoms with Crippen molar-refractivity contribution in [3.8, 4) is 0 Å². The third-order valence-corrected chi connectivity index (χ3v) is 3.51. The average molecular weight is 258 g/mol. The summed E-state index contributed by atoms with van der Waals surface area (Å²) in [5, 5.41) is 6.01. The van der Waals surface area contributed by atoms with Crippen molar-refractivity contribution in [3.05, 3.63) is 42.2 Å². The van der Waals surface area contributed by atoms with Gasteiger partial charge in [0.2, 0.25) is 0 Å². The lowest BCUT2D eigenvalue weighted by atomic mass is 9.96. The van der Waals surface area contributed by atoms with Crippen molar-refractivity contribution in [2.75, 3.05) is 13.7 Å². The molecule has 1 aromatic carbocycles. The number of rotatable bonds is 6. The summed E-state index contributed by atoms with van der Waals surface area (Å²) in [5.74, 6) is 0. The van der Waals surface area contributed by atoms with Gasteiger partial charge in [0.05, 0.1) is 6.10 Å². The van der Waals surface area contributed by atoms with E-state index < -0.39 is 0 Å². The molecular formula is C16H22N2O. The van der Waals surface area contributed by atoms with E-state index in [1.807, 2.05) is 12.4 Å². The maximum atomic E-state index is 5.40. The van der Waals surface area contributed by atoms with Gasteiger partial charge < -0.3 is 10.1 Å². The fraction of sp³-hybridized carbons (Fsp3) is 0.438.